The third-order valence-electron chi connectivity index (χ3n) is 6.36. The van der Waals surface area contributed by atoms with Crippen LogP contribution >= 0.6 is 0 Å². The van der Waals surface area contributed by atoms with E-state index in [4.69, 9.17) is 27.0 Å². The maximum Gasteiger partial charge on any atom is 0.421 e. The molecule has 274 valence electrons. The molecule has 2 heterocycles. The molecule has 0 saturated carbocycles. The summed E-state index contributed by atoms with van der Waals surface area (Å²) in [5.74, 6) is 2.41. The Morgan fingerprint density at radius 3 is 1.43 bits per heavy atom. The van der Waals surface area contributed by atoms with Gasteiger partial charge in [0.25, 0.3) is 0 Å². The summed E-state index contributed by atoms with van der Waals surface area (Å²) in [5.41, 5.74) is 18.5. The van der Waals surface area contributed by atoms with Gasteiger partial charge in [0.2, 0.25) is 0 Å². The number of hydrogen-bond acceptors (Lipinski definition) is 10. The number of methoxy groups -OCH3 is 1. The van der Waals surface area contributed by atoms with Crippen LogP contribution in [0.4, 0.5) is 29.0 Å². The van der Waals surface area contributed by atoms with Gasteiger partial charge >= 0.3 is 11.9 Å². The van der Waals surface area contributed by atoms with Crippen LogP contribution in [0.25, 0.3) is 0 Å². The second kappa shape index (κ2) is 29.0. The molecule has 49 heavy (non-hydrogen) atoms. The van der Waals surface area contributed by atoms with Gasteiger partial charge in [0, 0.05) is 29.1 Å². The van der Waals surface area contributed by atoms with E-state index in [9.17, 15) is 0 Å². The average molecular weight is 724 g/mol. The molecule has 4 aromatic rings. The van der Waals surface area contributed by atoms with Gasteiger partial charge in [-0.15, -0.1) is 0 Å². The predicted octanol–water partition coefficient (Wildman–Crippen LogP) is -1.62. The van der Waals surface area contributed by atoms with Crippen molar-refractivity contribution in [1.29, 1.82) is 0 Å². The Balaban J connectivity index is 0. The lowest BCUT2D eigenvalue weighted by molar-refractivity contribution is -0.657. The second-order valence-electron chi connectivity index (χ2n) is 10.3. The van der Waals surface area contributed by atoms with E-state index in [0.717, 1.165) is 86.6 Å². The van der Waals surface area contributed by atoms with Crippen molar-refractivity contribution in [2.24, 2.45) is 65.8 Å². The van der Waals surface area contributed by atoms with Crippen LogP contribution in [0.1, 0.15) is 32.6 Å². The molecule has 0 amide bonds. The third-order valence-corrected chi connectivity index (χ3v) is 6.36. The summed E-state index contributed by atoms with van der Waals surface area (Å²) >= 11 is 0. The number of nitrogens with one attached hydrogen (secondary N) is 1. The number of imidazole rings is 2. The van der Waals surface area contributed by atoms with Crippen molar-refractivity contribution < 1.29 is 43.8 Å². The molecule has 0 unspecified atom stereocenters. The first-order valence-electron chi connectivity index (χ1n) is 15.8. The first kappa shape index (κ1) is 47.2. The molecule has 0 aliphatic heterocycles. The van der Waals surface area contributed by atoms with Gasteiger partial charge in [0.1, 0.15) is 17.1 Å². The van der Waals surface area contributed by atoms with Gasteiger partial charge in [0.15, 0.2) is 0 Å². The Labute approximate surface area is 303 Å². The van der Waals surface area contributed by atoms with Crippen LogP contribution in [0.2, 0.25) is 0 Å². The molecule has 4 rings (SSSR count). The van der Waals surface area contributed by atoms with E-state index in [1.807, 2.05) is 120 Å². The fourth-order valence-corrected chi connectivity index (χ4v) is 3.74. The molecule has 0 aliphatic rings. The molecule has 0 aliphatic carbocycles. The second-order valence-corrected chi connectivity index (χ2v) is 10.3. The van der Waals surface area contributed by atoms with Crippen molar-refractivity contribution in [2.45, 2.75) is 32.6 Å². The number of azo groups is 2. The molecular formula is C33H56Cl2N12O2. The standard InChI is InChI=1S/C15H22N6.C12H15N4O.C4H12N2.C2H6O.2ClH/c1-20-11-12-21(2)15(20)19-18-14-7-5-13(6-8-14)17-10-4-3-9-16;1-15-8-9-16(2)12(15)14-13-10-4-6-11(17-3)7-5-10;5-3-1-2-4-6;1-2-3;;/h5-8,11-12H,3-4,9-10,16H2,1-2H3;4-9H,1-3H3;1-6H2;3H,2H2,1H3;2*1H/q;+1;;;;/p-1. The highest BCUT2D eigenvalue weighted by molar-refractivity contribution is 5.50. The zero-order valence-electron chi connectivity index (χ0n) is 29.7. The molecule has 2 aromatic heterocycles. The van der Waals surface area contributed by atoms with E-state index >= 15 is 0 Å². The van der Waals surface area contributed by atoms with E-state index in [1.54, 1.807) is 14.0 Å². The van der Waals surface area contributed by atoms with E-state index in [1.165, 1.54) is 0 Å². The Bertz CT molecular complexity index is 1380. The van der Waals surface area contributed by atoms with Gasteiger partial charge in [0.05, 0.1) is 60.1 Å². The van der Waals surface area contributed by atoms with Crippen molar-refractivity contribution in [3.05, 3.63) is 73.3 Å². The normalized spacial score (nSPS) is 10.1. The smallest absolute Gasteiger partial charge is 0.421 e. The maximum atomic E-state index is 7.57. The van der Waals surface area contributed by atoms with Crippen LogP contribution in [-0.4, -0.2) is 54.1 Å². The summed E-state index contributed by atoms with van der Waals surface area (Å²) in [4.78, 5) is 0. The Kier molecular flexibility index (Phi) is 28.0. The highest BCUT2D eigenvalue weighted by atomic mass is 35.5. The quantitative estimate of drug-likeness (QED) is 0.0627. The highest BCUT2D eigenvalue weighted by Gasteiger charge is 2.11. The number of unbranched alkanes of at least 4 members (excludes halogenated alkanes) is 2. The minimum absolute atomic E-state index is 0. The number of ether oxygens (including phenoxy) is 1. The van der Waals surface area contributed by atoms with Gasteiger partial charge in [-0.25, -0.2) is 18.3 Å². The van der Waals surface area contributed by atoms with Gasteiger partial charge in [-0.1, -0.05) is 10.2 Å². The molecule has 0 bridgehead atoms. The lowest BCUT2D eigenvalue weighted by atomic mass is 10.2. The van der Waals surface area contributed by atoms with Crippen LogP contribution < -0.4 is 61.2 Å². The number of hydrogen-bond donors (Lipinski definition) is 5. The number of rotatable bonds is 13. The summed E-state index contributed by atoms with van der Waals surface area (Å²) in [6.07, 6.45) is 12.0. The summed E-state index contributed by atoms with van der Waals surface area (Å²) in [5, 5.41) is 27.8. The topological polar surface area (TPSA) is 187 Å². The zero-order valence-corrected chi connectivity index (χ0v) is 31.2. The molecule has 0 radical (unpaired) electrons. The molecule has 0 spiro atoms. The first-order valence-corrected chi connectivity index (χ1v) is 15.8. The number of anilines is 1. The molecule has 0 atom stereocenters. The lowest BCUT2D eigenvalue weighted by Gasteiger charge is -2.05. The number of aryl methyl sites for hydroxylation is 4. The Hall–Kier alpha value is -3.92. The van der Waals surface area contributed by atoms with Crippen molar-refractivity contribution in [3.63, 3.8) is 0 Å². The van der Waals surface area contributed by atoms with Crippen molar-refractivity contribution in [2.75, 3.05) is 45.2 Å². The van der Waals surface area contributed by atoms with Crippen LogP contribution in [0.15, 0.2) is 93.8 Å². The van der Waals surface area contributed by atoms with E-state index in [0.29, 0.717) is 0 Å². The monoisotopic (exact) mass is 722 g/mol. The number of nitrogens with zero attached hydrogens (tertiary/aromatic N) is 8. The summed E-state index contributed by atoms with van der Waals surface area (Å²) in [6.45, 7) is 5.17. The number of halogens is 2. The van der Waals surface area contributed by atoms with Gasteiger partial charge < -0.3 is 57.2 Å². The van der Waals surface area contributed by atoms with E-state index < -0.39 is 0 Å². The first-order chi connectivity index (χ1) is 22.7. The van der Waals surface area contributed by atoms with Crippen LogP contribution in [0.3, 0.4) is 0 Å². The summed E-state index contributed by atoms with van der Waals surface area (Å²) < 4.78 is 12.8. The predicted molar refractivity (Wildman–Crippen MR) is 188 cm³/mol. The number of aliphatic hydroxyl groups excluding tert-OH is 1. The molecule has 0 saturated heterocycles. The molecular weight excluding hydrogens is 667 g/mol. The summed E-state index contributed by atoms with van der Waals surface area (Å²) in [6, 6.07) is 15.4. The molecule has 14 nitrogen and oxygen atoms in total. The number of aromatic nitrogens is 4. The number of aliphatic hydroxyl groups is 1. The average Bonchev–Trinajstić information content (AvgIpc) is 3.59. The molecule has 0 fully saturated rings. The van der Waals surface area contributed by atoms with Gasteiger partial charge in [-0.2, -0.15) is 0 Å². The van der Waals surface area contributed by atoms with E-state index in [2.05, 4.69) is 25.8 Å². The van der Waals surface area contributed by atoms with Crippen molar-refractivity contribution >= 4 is 29.0 Å². The minimum atomic E-state index is 0. The number of nitrogens with two attached hydrogens (primary N) is 3. The fourth-order valence-electron chi connectivity index (χ4n) is 3.74. The van der Waals surface area contributed by atoms with Gasteiger partial charge in [-0.05, 0) is 101 Å². The lowest BCUT2D eigenvalue weighted by Crippen LogP contribution is -3.00. The van der Waals surface area contributed by atoms with Crippen LogP contribution in [0.5, 0.6) is 5.75 Å². The highest BCUT2D eigenvalue weighted by Crippen LogP contribution is 2.20. The number of benzene rings is 2. The Morgan fingerprint density at radius 1 is 0.694 bits per heavy atom. The zero-order chi connectivity index (χ0) is 34.9. The van der Waals surface area contributed by atoms with Crippen LogP contribution in [0, 0.1) is 0 Å². The third kappa shape index (κ3) is 19.6. The maximum absolute atomic E-state index is 7.57. The van der Waals surface area contributed by atoms with Gasteiger partial charge in [-0.3, -0.25) is 0 Å². The molecule has 16 heteroatoms. The fraction of sp³-hybridized carbons (Fsp3) is 0.455. The SMILES string of the molecule is CCO.COc1ccc(N=Nc2n(C)cc[n+]2C)cc1.Cn1cc[n+](C)c1N=Nc1ccc(NCCCCN)cc1.NCCCCN.[Cl-].[Cl-]. The molecule has 2 aromatic carbocycles. The van der Waals surface area contributed by atoms with E-state index in [-0.39, 0.29) is 31.4 Å². The summed E-state index contributed by atoms with van der Waals surface area (Å²) in [7, 11) is 9.40. The Morgan fingerprint density at radius 2 is 1.08 bits per heavy atom. The van der Waals surface area contributed by atoms with Crippen molar-refractivity contribution in [1.82, 2.24) is 9.13 Å². The minimum Gasteiger partial charge on any atom is -1.00 e. The van der Waals surface area contributed by atoms with Crippen LogP contribution in [-0.2, 0) is 28.2 Å². The molecule has 8 N–H and O–H groups in total. The van der Waals surface area contributed by atoms with Crippen molar-refractivity contribution in [3.8, 4) is 5.75 Å². The largest absolute Gasteiger partial charge is 1.00 e.